The average Bonchev–Trinajstić information content (AvgIpc) is 3.24. The highest BCUT2D eigenvalue weighted by Gasteiger charge is 2.18. The lowest BCUT2D eigenvalue weighted by atomic mass is 10.2. The summed E-state index contributed by atoms with van der Waals surface area (Å²) < 4.78 is 7.34. The van der Waals surface area contributed by atoms with Crippen molar-refractivity contribution in [3.05, 3.63) is 83.9 Å². The highest BCUT2D eigenvalue weighted by molar-refractivity contribution is 7.99. The minimum absolute atomic E-state index is 0.138. The van der Waals surface area contributed by atoms with Crippen molar-refractivity contribution in [2.45, 2.75) is 12.1 Å². The maximum atomic E-state index is 12.5. The Kier molecular flexibility index (Phi) is 7.09. The zero-order chi connectivity index (χ0) is 22.3. The second-order valence-electron chi connectivity index (χ2n) is 6.75. The Hall–Kier alpha value is -3.29. The monoisotopic (exact) mass is 464 g/mol. The van der Waals surface area contributed by atoms with E-state index in [1.165, 1.54) is 11.8 Å². The van der Waals surface area contributed by atoms with Crippen molar-refractivity contribution in [1.29, 1.82) is 0 Å². The first-order chi connectivity index (χ1) is 15.7. The summed E-state index contributed by atoms with van der Waals surface area (Å²) in [6, 6.07) is 24.5. The number of para-hydroxylation sites is 1. The lowest BCUT2D eigenvalue weighted by molar-refractivity contribution is -0.113. The molecule has 1 aromatic heterocycles. The zero-order valence-electron chi connectivity index (χ0n) is 17.4. The van der Waals surface area contributed by atoms with Crippen LogP contribution in [-0.4, -0.2) is 33.0 Å². The fourth-order valence-corrected chi connectivity index (χ4v) is 4.09. The number of rotatable bonds is 8. The van der Waals surface area contributed by atoms with Crippen molar-refractivity contribution in [3.63, 3.8) is 0 Å². The molecule has 0 atom stereocenters. The number of thioether (sulfide) groups is 1. The predicted molar refractivity (Wildman–Crippen MR) is 129 cm³/mol. The Balaban J connectivity index is 1.53. The number of anilines is 1. The molecule has 0 aliphatic carbocycles. The number of hydrogen-bond acceptors (Lipinski definition) is 5. The fraction of sp³-hybridized carbons (Fsp3) is 0.125. The molecule has 0 bridgehead atoms. The lowest BCUT2D eigenvalue weighted by Crippen LogP contribution is -2.14. The number of amides is 1. The van der Waals surface area contributed by atoms with Gasteiger partial charge in [0.15, 0.2) is 11.0 Å². The summed E-state index contributed by atoms with van der Waals surface area (Å²) in [5, 5.41) is 12.8. The topological polar surface area (TPSA) is 69.0 Å². The number of carbonyl (C=O) groups excluding carboxylic acids is 1. The smallest absolute Gasteiger partial charge is 0.234 e. The van der Waals surface area contributed by atoms with Crippen LogP contribution in [0.5, 0.6) is 5.75 Å². The first-order valence-corrected chi connectivity index (χ1v) is 11.4. The van der Waals surface area contributed by atoms with E-state index in [0.717, 1.165) is 17.0 Å². The van der Waals surface area contributed by atoms with Gasteiger partial charge in [0.1, 0.15) is 5.75 Å². The molecular formula is C24H21ClN4O2S. The third kappa shape index (κ3) is 5.12. The molecule has 1 N–H and O–H groups in total. The number of ether oxygens (including phenoxy) is 1. The number of halogens is 1. The summed E-state index contributed by atoms with van der Waals surface area (Å²) in [5.74, 6) is 1.43. The van der Waals surface area contributed by atoms with Gasteiger partial charge in [0.25, 0.3) is 0 Å². The van der Waals surface area contributed by atoms with Crippen LogP contribution in [0.2, 0.25) is 5.02 Å². The van der Waals surface area contributed by atoms with Crippen molar-refractivity contribution in [2.75, 3.05) is 17.7 Å². The molecule has 8 heteroatoms. The number of carbonyl (C=O) groups is 1. The van der Waals surface area contributed by atoms with Gasteiger partial charge in [0.2, 0.25) is 5.91 Å². The molecule has 1 heterocycles. The molecule has 0 unspecified atom stereocenters. The van der Waals surface area contributed by atoms with E-state index in [9.17, 15) is 4.79 Å². The van der Waals surface area contributed by atoms with E-state index in [2.05, 4.69) is 15.5 Å². The van der Waals surface area contributed by atoms with Gasteiger partial charge in [-0.15, -0.1) is 10.2 Å². The molecule has 0 aliphatic heterocycles. The van der Waals surface area contributed by atoms with E-state index in [1.54, 1.807) is 0 Å². The third-order valence-corrected chi connectivity index (χ3v) is 5.80. The van der Waals surface area contributed by atoms with E-state index in [-0.39, 0.29) is 11.7 Å². The van der Waals surface area contributed by atoms with Crippen LogP contribution in [0, 0.1) is 0 Å². The lowest BCUT2D eigenvalue weighted by Gasteiger charge is -2.11. The summed E-state index contributed by atoms with van der Waals surface area (Å²) >= 11 is 7.73. The van der Waals surface area contributed by atoms with Gasteiger partial charge in [0.05, 0.1) is 17.4 Å². The first kappa shape index (κ1) is 21.9. The van der Waals surface area contributed by atoms with Crippen molar-refractivity contribution in [2.24, 2.45) is 0 Å². The second-order valence-corrected chi connectivity index (χ2v) is 8.10. The molecule has 162 valence electrons. The summed E-state index contributed by atoms with van der Waals surface area (Å²) in [6.07, 6.45) is 0. The first-order valence-electron chi connectivity index (χ1n) is 10.1. The van der Waals surface area contributed by atoms with E-state index >= 15 is 0 Å². The predicted octanol–water partition coefficient (Wildman–Crippen LogP) is 5.72. The van der Waals surface area contributed by atoms with E-state index in [1.807, 2.05) is 90.4 Å². The fourth-order valence-electron chi connectivity index (χ4n) is 3.12. The van der Waals surface area contributed by atoms with Gasteiger partial charge in [-0.1, -0.05) is 53.7 Å². The van der Waals surface area contributed by atoms with E-state index < -0.39 is 0 Å². The van der Waals surface area contributed by atoms with Crippen LogP contribution in [-0.2, 0) is 4.79 Å². The zero-order valence-corrected chi connectivity index (χ0v) is 18.9. The molecule has 1 amide bonds. The largest absolute Gasteiger partial charge is 0.494 e. The minimum atomic E-state index is -0.138. The Bertz CT molecular complexity index is 1200. The summed E-state index contributed by atoms with van der Waals surface area (Å²) in [4.78, 5) is 12.5. The third-order valence-electron chi connectivity index (χ3n) is 4.54. The number of nitrogens with one attached hydrogen (secondary N) is 1. The molecule has 4 aromatic rings. The van der Waals surface area contributed by atoms with Crippen LogP contribution in [0.25, 0.3) is 17.1 Å². The highest BCUT2D eigenvalue weighted by atomic mass is 35.5. The summed E-state index contributed by atoms with van der Waals surface area (Å²) in [6.45, 7) is 2.53. The normalized spacial score (nSPS) is 10.7. The maximum Gasteiger partial charge on any atom is 0.234 e. The SMILES string of the molecule is CCOc1ccc(NC(=O)CSc2nnc(-c3ccccc3Cl)n2-c2ccccc2)cc1. The second kappa shape index (κ2) is 10.3. The molecule has 0 saturated heterocycles. The van der Waals surface area contributed by atoms with Crippen LogP contribution in [0.3, 0.4) is 0 Å². The van der Waals surface area contributed by atoms with Gasteiger partial charge in [-0.25, -0.2) is 0 Å². The molecular weight excluding hydrogens is 444 g/mol. The molecule has 0 aliphatic rings. The summed E-state index contributed by atoms with van der Waals surface area (Å²) in [5.41, 5.74) is 2.37. The molecule has 0 radical (unpaired) electrons. The van der Waals surface area contributed by atoms with Crippen LogP contribution < -0.4 is 10.1 Å². The number of hydrogen-bond donors (Lipinski definition) is 1. The molecule has 6 nitrogen and oxygen atoms in total. The van der Waals surface area contributed by atoms with Gasteiger partial charge in [-0.2, -0.15) is 0 Å². The van der Waals surface area contributed by atoms with Gasteiger partial charge < -0.3 is 10.1 Å². The number of aromatic nitrogens is 3. The van der Waals surface area contributed by atoms with Crippen molar-refractivity contribution in [1.82, 2.24) is 14.8 Å². The number of benzene rings is 3. The van der Waals surface area contributed by atoms with Gasteiger partial charge in [-0.3, -0.25) is 9.36 Å². The average molecular weight is 465 g/mol. The quantitative estimate of drug-likeness (QED) is 0.338. The van der Waals surface area contributed by atoms with Crippen LogP contribution in [0.15, 0.2) is 84.0 Å². The molecule has 0 saturated carbocycles. The van der Waals surface area contributed by atoms with E-state index in [0.29, 0.717) is 28.3 Å². The molecule has 0 fully saturated rings. The standard InChI is InChI=1S/C24H21ClN4O2S/c1-2-31-19-14-12-17(13-15-19)26-22(30)16-32-24-28-27-23(20-10-6-7-11-21(20)25)29(24)18-8-4-3-5-9-18/h3-15H,2,16H2,1H3,(H,26,30). The number of nitrogens with zero attached hydrogens (tertiary/aromatic N) is 3. The van der Waals surface area contributed by atoms with Crippen molar-refractivity contribution in [3.8, 4) is 22.8 Å². The Morgan fingerprint density at radius 2 is 1.72 bits per heavy atom. The van der Waals surface area contributed by atoms with Crippen LogP contribution in [0.4, 0.5) is 5.69 Å². The molecule has 4 rings (SSSR count). The van der Waals surface area contributed by atoms with Crippen LogP contribution >= 0.6 is 23.4 Å². The van der Waals surface area contributed by atoms with Gasteiger partial charge in [0, 0.05) is 16.9 Å². The van der Waals surface area contributed by atoms with E-state index in [4.69, 9.17) is 16.3 Å². The maximum absolute atomic E-state index is 12.5. The Morgan fingerprint density at radius 3 is 2.44 bits per heavy atom. The van der Waals surface area contributed by atoms with Crippen molar-refractivity contribution < 1.29 is 9.53 Å². The Morgan fingerprint density at radius 1 is 1.00 bits per heavy atom. The minimum Gasteiger partial charge on any atom is -0.494 e. The van der Waals surface area contributed by atoms with Gasteiger partial charge >= 0.3 is 0 Å². The van der Waals surface area contributed by atoms with Crippen molar-refractivity contribution >= 4 is 35.0 Å². The highest BCUT2D eigenvalue weighted by Crippen LogP contribution is 2.31. The summed E-state index contributed by atoms with van der Waals surface area (Å²) in [7, 11) is 0. The molecule has 32 heavy (non-hydrogen) atoms. The van der Waals surface area contributed by atoms with Crippen LogP contribution in [0.1, 0.15) is 6.92 Å². The molecule has 3 aromatic carbocycles. The Labute approximate surface area is 195 Å². The van der Waals surface area contributed by atoms with Gasteiger partial charge in [-0.05, 0) is 55.5 Å². The molecule has 0 spiro atoms.